The van der Waals surface area contributed by atoms with Crippen molar-refractivity contribution in [2.45, 2.75) is 13.0 Å². The number of carbonyl (C=O) groups is 1. The number of nitrogens with two attached hydrogens (primary N) is 1. The Hall–Kier alpha value is -5.01. The second-order valence-corrected chi connectivity index (χ2v) is 9.59. The number of nitrogens with one attached hydrogen (secondary N) is 1. The Morgan fingerprint density at radius 2 is 1.95 bits per heavy atom. The highest BCUT2D eigenvalue weighted by Gasteiger charge is 2.25. The van der Waals surface area contributed by atoms with E-state index in [2.05, 4.69) is 32.2 Å². The van der Waals surface area contributed by atoms with Crippen LogP contribution in [0.2, 0.25) is 0 Å². The molecule has 3 N–H and O–H groups in total. The quantitative estimate of drug-likeness (QED) is 0.338. The van der Waals surface area contributed by atoms with Crippen LogP contribution in [-0.4, -0.2) is 35.0 Å². The SMILES string of the molecule is CC(NC(=O)c1c(N)ncc2cccnc12)c1nc2scc(C#Cc3cnn(C)c3)n2c1-c1ccccc1. The van der Waals surface area contributed by atoms with Crippen molar-refractivity contribution in [3.8, 4) is 23.1 Å². The molecule has 0 fully saturated rings. The first-order valence-corrected chi connectivity index (χ1v) is 12.7. The fourth-order valence-corrected chi connectivity index (χ4v) is 5.21. The van der Waals surface area contributed by atoms with Crippen LogP contribution in [0, 0.1) is 11.8 Å². The minimum Gasteiger partial charge on any atom is -0.383 e. The van der Waals surface area contributed by atoms with E-state index in [0.717, 1.165) is 38.6 Å². The summed E-state index contributed by atoms with van der Waals surface area (Å²) in [6.45, 7) is 1.90. The van der Waals surface area contributed by atoms with Crippen LogP contribution in [0.15, 0.2) is 72.6 Å². The number of imidazole rings is 1. The first-order chi connectivity index (χ1) is 18.5. The zero-order valence-corrected chi connectivity index (χ0v) is 21.4. The zero-order chi connectivity index (χ0) is 26.2. The maximum atomic E-state index is 13.5. The van der Waals surface area contributed by atoms with Crippen LogP contribution in [0.25, 0.3) is 27.1 Å². The number of aromatic nitrogens is 6. The van der Waals surface area contributed by atoms with E-state index >= 15 is 0 Å². The summed E-state index contributed by atoms with van der Waals surface area (Å²) in [5.74, 6) is 6.21. The van der Waals surface area contributed by atoms with Crippen molar-refractivity contribution in [1.29, 1.82) is 0 Å². The molecule has 0 spiro atoms. The van der Waals surface area contributed by atoms with Crippen molar-refractivity contribution in [2.75, 3.05) is 5.73 Å². The van der Waals surface area contributed by atoms with Crippen molar-refractivity contribution < 1.29 is 4.79 Å². The maximum absolute atomic E-state index is 13.5. The van der Waals surface area contributed by atoms with Gasteiger partial charge in [-0.15, -0.1) is 11.3 Å². The molecule has 1 atom stereocenters. The Morgan fingerprint density at radius 1 is 1.11 bits per heavy atom. The lowest BCUT2D eigenvalue weighted by Crippen LogP contribution is -2.28. The molecule has 6 aromatic rings. The summed E-state index contributed by atoms with van der Waals surface area (Å²) in [4.78, 5) is 27.7. The van der Waals surface area contributed by atoms with E-state index in [9.17, 15) is 4.79 Å². The van der Waals surface area contributed by atoms with Gasteiger partial charge in [-0.25, -0.2) is 9.97 Å². The van der Waals surface area contributed by atoms with Gasteiger partial charge in [0.05, 0.1) is 34.7 Å². The average Bonchev–Trinajstić information content (AvgIpc) is 3.63. The van der Waals surface area contributed by atoms with E-state index in [1.165, 1.54) is 11.3 Å². The van der Waals surface area contributed by atoms with Crippen LogP contribution in [0.4, 0.5) is 5.82 Å². The predicted octanol–water partition coefficient (Wildman–Crippen LogP) is 4.21. The molecule has 0 saturated carbocycles. The lowest BCUT2D eigenvalue weighted by molar-refractivity contribution is 0.0941. The number of anilines is 1. The largest absolute Gasteiger partial charge is 0.383 e. The fourth-order valence-electron chi connectivity index (χ4n) is 4.38. The van der Waals surface area contributed by atoms with Crippen LogP contribution in [0.1, 0.15) is 40.3 Å². The van der Waals surface area contributed by atoms with Crippen molar-refractivity contribution in [3.63, 3.8) is 0 Å². The topological polar surface area (TPSA) is 116 Å². The van der Waals surface area contributed by atoms with Gasteiger partial charge in [-0.2, -0.15) is 5.10 Å². The van der Waals surface area contributed by atoms with Crippen LogP contribution in [0.5, 0.6) is 0 Å². The van der Waals surface area contributed by atoms with Crippen molar-refractivity contribution in [3.05, 3.63) is 95.1 Å². The smallest absolute Gasteiger partial charge is 0.257 e. The Kier molecular flexibility index (Phi) is 5.82. The molecule has 5 aromatic heterocycles. The van der Waals surface area contributed by atoms with E-state index in [1.807, 2.05) is 66.3 Å². The first-order valence-electron chi connectivity index (χ1n) is 11.9. The van der Waals surface area contributed by atoms with E-state index in [-0.39, 0.29) is 17.3 Å². The van der Waals surface area contributed by atoms with Crippen LogP contribution in [0.3, 0.4) is 0 Å². The van der Waals surface area contributed by atoms with Crippen LogP contribution < -0.4 is 11.1 Å². The third-order valence-electron chi connectivity index (χ3n) is 6.14. The van der Waals surface area contributed by atoms with E-state index < -0.39 is 6.04 Å². The number of rotatable bonds is 4. The number of pyridine rings is 2. The average molecular weight is 519 g/mol. The number of nitrogen functional groups attached to an aromatic ring is 1. The number of thiazole rings is 1. The van der Waals surface area contributed by atoms with Gasteiger partial charge in [0.25, 0.3) is 5.91 Å². The van der Waals surface area contributed by atoms with Gasteiger partial charge in [-0.3, -0.25) is 18.9 Å². The summed E-state index contributed by atoms with van der Waals surface area (Å²) in [5.41, 5.74) is 11.1. The van der Waals surface area contributed by atoms with Gasteiger partial charge in [0.1, 0.15) is 17.1 Å². The minimum absolute atomic E-state index is 0.128. The molecule has 0 aliphatic carbocycles. The van der Waals surface area contributed by atoms with E-state index in [4.69, 9.17) is 10.7 Å². The third kappa shape index (κ3) is 4.15. The molecule has 0 saturated heterocycles. The molecular weight excluding hydrogens is 496 g/mol. The molecule has 0 aliphatic rings. The summed E-state index contributed by atoms with van der Waals surface area (Å²) in [5, 5.41) is 9.98. The Bertz CT molecular complexity index is 1870. The van der Waals surface area contributed by atoms with E-state index in [0.29, 0.717) is 5.52 Å². The monoisotopic (exact) mass is 518 g/mol. The molecule has 10 heteroatoms. The summed E-state index contributed by atoms with van der Waals surface area (Å²) in [6, 6.07) is 13.2. The highest BCUT2D eigenvalue weighted by atomic mass is 32.1. The van der Waals surface area contributed by atoms with Crippen molar-refractivity contribution in [2.24, 2.45) is 7.05 Å². The molecule has 6 rings (SSSR count). The molecule has 5 heterocycles. The van der Waals surface area contributed by atoms with Gasteiger partial charge in [0.2, 0.25) is 0 Å². The molecular formula is C28H22N8OS. The fraction of sp³-hybridized carbons (Fsp3) is 0.107. The number of carbonyl (C=O) groups excluding carboxylic acids is 1. The number of hydrogen-bond acceptors (Lipinski definition) is 7. The molecule has 38 heavy (non-hydrogen) atoms. The normalized spacial score (nSPS) is 11.8. The van der Waals surface area contributed by atoms with Gasteiger partial charge < -0.3 is 11.1 Å². The second kappa shape index (κ2) is 9.46. The highest BCUT2D eigenvalue weighted by molar-refractivity contribution is 7.15. The molecule has 0 bridgehead atoms. The number of fused-ring (bicyclic) bond motifs is 2. The molecule has 1 unspecified atom stereocenters. The minimum atomic E-state index is -0.442. The number of aryl methyl sites for hydroxylation is 1. The second-order valence-electron chi connectivity index (χ2n) is 8.76. The molecule has 1 amide bonds. The van der Waals surface area contributed by atoms with Crippen molar-refractivity contribution in [1.82, 2.24) is 34.4 Å². The van der Waals surface area contributed by atoms with Crippen LogP contribution in [-0.2, 0) is 7.05 Å². The van der Waals surface area contributed by atoms with E-state index in [1.54, 1.807) is 29.3 Å². The summed E-state index contributed by atoms with van der Waals surface area (Å²) in [6.07, 6.45) is 6.85. The Labute approximate surface area is 222 Å². The van der Waals surface area contributed by atoms with Gasteiger partial charge >= 0.3 is 0 Å². The van der Waals surface area contributed by atoms with Gasteiger partial charge in [-0.1, -0.05) is 36.3 Å². The molecule has 186 valence electrons. The molecule has 0 aliphatic heterocycles. The van der Waals surface area contributed by atoms with Crippen molar-refractivity contribution >= 4 is 38.9 Å². The summed E-state index contributed by atoms with van der Waals surface area (Å²) in [7, 11) is 1.86. The molecule has 0 radical (unpaired) electrons. The Balaban J connectivity index is 1.43. The van der Waals surface area contributed by atoms with Gasteiger partial charge in [0.15, 0.2) is 4.96 Å². The van der Waals surface area contributed by atoms with Crippen LogP contribution >= 0.6 is 11.3 Å². The molecule has 9 nitrogen and oxygen atoms in total. The van der Waals surface area contributed by atoms with Gasteiger partial charge in [-0.05, 0) is 25.0 Å². The Morgan fingerprint density at radius 3 is 2.74 bits per heavy atom. The molecule has 1 aromatic carbocycles. The lowest BCUT2D eigenvalue weighted by Gasteiger charge is -2.16. The maximum Gasteiger partial charge on any atom is 0.257 e. The lowest BCUT2D eigenvalue weighted by atomic mass is 10.1. The summed E-state index contributed by atoms with van der Waals surface area (Å²) < 4.78 is 3.76. The predicted molar refractivity (Wildman–Crippen MR) is 148 cm³/mol. The zero-order valence-electron chi connectivity index (χ0n) is 20.6. The third-order valence-corrected chi connectivity index (χ3v) is 6.96. The highest BCUT2D eigenvalue weighted by Crippen LogP contribution is 2.33. The number of amides is 1. The first kappa shape index (κ1) is 23.4. The number of benzene rings is 1. The summed E-state index contributed by atoms with van der Waals surface area (Å²) >= 11 is 1.50. The number of nitrogens with zero attached hydrogens (tertiary/aromatic N) is 6. The number of hydrogen-bond donors (Lipinski definition) is 2. The standard InChI is InChI=1S/C28H22N8OS/c1-17(33-27(37)22-24-20(9-6-12-30-24)14-31-26(22)29)23-25(19-7-4-3-5-8-19)36-21(16-38-28(36)34-23)11-10-18-13-32-35(2)15-18/h3-9,12-17H,1-2H3,(H2,29,31)(H,33,37). The van der Waals surface area contributed by atoms with Gasteiger partial charge in [0, 0.05) is 42.0 Å².